The second kappa shape index (κ2) is 8.64. The third-order valence-electron chi connectivity index (χ3n) is 7.32. The number of amides is 1. The van der Waals surface area contributed by atoms with Crippen LogP contribution in [0, 0.1) is 5.41 Å². The van der Waals surface area contributed by atoms with Gasteiger partial charge in [0.05, 0.1) is 46.1 Å². The van der Waals surface area contributed by atoms with E-state index in [4.69, 9.17) is 16.6 Å². The zero-order valence-corrected chi connectivity index (χ0v) is 19.7. The second-order valence-electron chi connectivity index (χ2n) is 9.58. The maximum Gasteiger partial charge on any atom is 0.233 e. The first-order valence-electron chi connectivity index (χ1n) is 12.0. The lowest BCUT2D eigenvalue weighted by Gasteiger charge is -2.32. The Morgan fingerprint density at radius 3 is 2.76 bits per heavy atom. The number of benzene rings is 1. The average Bonchev–Trinajstić information content (AvgIpc) is 3.67. The van der Waals surface area contributed by atoms with Crippen LogP contribution in [-0.2, 0) is 4.79 Å². The molecule has 6 rings (SSSR count). The largest absolute Gasteiger partial charge is 0.323 e. The number of hydrogen-bond acceptors (Lipinski definition) is 6. The highest BCUT2D eigenvalue weighted by atomic mass is 35.5. The van der Waals surface area contributed by atoms with Crippen molar-refractivity contribution in [2.24, 2.45) is 5.41 Å². The van der Waals surface area contributed by atoms with E-state index in [1.54, 1.807) is 18.6 Å². The van der Waals surface area contributed by atoms with E-state index in [9.17, 15) is 4.79 Å². The number of pyridine rings is 1. The molecule has 3 fully saturated rings. The first-order valence-corrected chi connectivity index (χ1v) is 12.4. The van der Waals surface area contributed by atoms with Gasteiger partial charge in [0.2, 0.25) is 11.9 Å². The molecule has 34 heavy (non-hydrogen) atoms. The number of nitrogens with zero attached hydrogens (tertiary/aromatic N) is 4. The lowest BCUT2D eigenvalue weighted by Crippen LogP contribution is -2.42. The topological polar surface area (TPSA) is 83.0 Å². The summed E-state index contributed by atoms with van der Waals surface area (Å²) < 4.78 is 0. The minimum absolute atomic E-state index is 0.216. The van der Waals surface area contributed by atoms with E-state index in [1.165, 1.54) is 18.4 Å². The standard InChI is InChI=1S/C26H27ClN6O/c27-22-16-30-25(32-23(22)19-3-1-2-18(12-19)17-4-5-17)31-20-13-21(15-29-14-20)33-11-8-26(24(33)34)6-9-28-10-7-26/h1-3,12-17,28H,4-11H2,(H,30,31,32). The summed E-state index contributed by atoms with van der Waals surface area (Å²) in [5, 5.41) is 7.13. The Kier molecular flexibility index (Phi) is 5.46. The third-order valence-corrected chi connectivity index (χ3v) is 7.59. The zero-order chi connectivity index (χ0) is 23.1. The Hall–Kier alpha value is -3.03. The first-order chi connectivity index (χ1) is 16.6. The molecular weight excluding hydrogens is 448 g/mol. The molecule has 2 saturated heterocycles. The van der Waals surface area contributed by atoms with E-state index in [1.807, 2.05) is 17.0 Å². The van der Waals surface area contributed by atoms with Gasteiger partial charge in [0.1, 0.15) is 0 Å². The number of piperidine rings is 1. The molecule has 1 saturated carbocycles. The molecule has 0 unspecified atom stereocenters. The maximum absolute atomic E-state index is 13.3. The van der Waals surface area contributed by atoms with Crippen molar-refractivity contribution in [2.45, 2.75) is 38.0 Å². The Morgan fingerprint density at radius 1 is 1.09 bits per heavy atom. The van der Waals surface area contributed by atoms with Gasteiger partial charge in [0, 0.05) is 12.1 Å². The van der Waals surface area contributed by atoms with E-state index >= 15 is 0 Å². The van der Waals surface area contributed by atoms with Crippen molar-refractivity contribution in [2.75, 3.05) is 29.9 Å². The van der Waals surface area contributed by atoms with E-state index < -0.39 is 0 Å². The molecule has 1 spiro atoms. The molecule has 3 aromatic rings. The molecule has 1 aromatic carbocycles. The van der Waals surface area contributed by atoms with Gasteiger partial charge < -0.3 is 15.5 Å². The van der Waals surface area contributed by atoms with E-state index in [2.05, 4.69) is 38.8 Å². The van der Waals surface area contributed by atoms with Crippen LogP contribution in [0.3, 0.4) is 0 Å². The third kappa shape index (κ3) is 4.03. The van der Waals surface area contributed by atoms with Gasteiger partial charge in [-0.05, 0) is 68.8 Å². The van der Waals surface area contributed by atoms with Gasteiger partial charge in [-0.15, -0.1) is 0 Å². The molecule has 3 aliphatic rings. The first kappa shape index (κ1) is 21.5. The van der Waals surface area contributed by atoms with E-state index in [0.29, 0.717) is 22.6 Å². The fourth-order valence-corrected chi connectivity index (χ4v) is 5.40. The zero-order valence-electron chi connectivity index (χ0n) is 18.9. The number of anilines is 3. The smallest absolute Gasteiger partial charge is 0.233 e. The highest BCUT2D eigenvalue weighted by Gasteiger charge is 2.47. The van der Waals surface area contributed by atoms with Crippen LogP contribution in [0.1, 0.15) is 43.6 Å². The highest BCUT2D eigenvalue weighted by Crippen LogP contribution is 2.43. The van der Waals surface area contributed by atoms with Gasteiger partial charge in [0.25, 0.3) is 0 Å². The molecule has 2 N–H and O–H groups in total. The number of carbonyl (C=O) groups excluding carboxylic acids is 1. The molecule has 2 aromatic heterocycles. The number of halogens is 1. The maximum atomic E-state index is 13.3. The lowest BCUT2D eigenvalue weighted by molar-refractivity contribution is -0.126. The Labute approximate surface area is 204 Å². The van der Waals surface area contributed by atoms with Crippen molar-refractivity contribution in [3.8, 4) is 11.3 Å². The highest BCUT2D eigenvalue weighted by molar-refractivity contribution is 6.32. The Morgan fingerprint density at radius 2 is 1.94 bits per heavy atom. The van der Waals surface area contributed by atoms with Crippen LogP contribution in [0.2, 0.25) is 5.02 Å². The summed E-state index contributed by atoms with van der Waals surface area (Å²) in [5.74, 6) is 1.32. The van der Waals surface area contributed by atoms with Crippen LogP contribution in [-0.4, -0.2) is 40.5 Å². The molecular formula is C26H27ClN6O. The molecule has 0 radical (unpaired) electrons. The Bertz CT molecular complexity index is 1240. The quantitative estimate of drug-likeness (QED) is 0.546. The fourth-order valence-electron chi connectivity index (χ4n) is 5.20. The molecule has 4 heterocycles. The number of rotatable bonds is 5. The van der Waals surface area contributed by atoms with Gasteiger partial charge in [-0.3, -0.25) is 9.78 Å². The van der Waals surface area contributed by atoms with Crippen molar-refractivity contribution < 1.29 is 4.79 Å². The predicted octanol–water partition coefficient (Wildman–Crippen LogP) is 4.92. The minimum Gasteiger partial charge on any atom is -0.323 e. The fraction of sp³-hybridized carbons (Fsp3) is 0.385. The number of nitrogens with one attached hydrogen (secondary N) is 2. The molecule has 8 heteroatoms. The van der Waals surface area contributed by atoms with Crippen molar-refractivity contribution in [3.63, 3.8) is 0 Å². The number of aromatic nitrogens is 3. The summed E-state index contributed by atoms with van der Waals surface area (Å²) in [6.07, 6.45) is 10.3. The van der Waals surface area contributed by atoms with Crippen LogP contribution in [0.25, 0.3) is 11.3 Å². The predicted molar refractivity (Wildman–Crippen MR) is 133 cm³/mol. The average molecular weight is 475 g/mol. The van der Waals surface area contributed by atoms with Crippen molar-refractivity contribution in [1.29, 1.82) is 0 Å². The molecule has 0 bridgehead atoms. The summed E-state index contributed by atoms with van der Waals surface area (Å²) in [6, 6.07) is 10.4. The summed E-state index contributed by atoms with van der Waals surface area (Å²) in [7, 11) is 0. The van der Waals surface area contributed by atoms with Gasteiger partial charge in [-0.25, -0.2) is 9.97 Å². The normalized spacial score (nSPS) is 19.6. The van der Waals surface area contributed by atoms with Crippen LogP contribution < -0.4 is 15.5 Å². The summed E-state index contributed by atoms with van der Waals surface area (Å²) in [6.45, 7) is 2.53. The van der Waals surface area contributed by atoms with Crippen molar-refractivity contribution in [3.05, 3.63) is 59.5 Å². The summed E-state index contributed by atoms with van der Waals surface area (Å²) >= 11 is 6.47. The van der Waals surface area contributed by atoms with Gasteiger partial charge in [-0.1, -0.05) is 29.8 Å². The summed E-state index contributed by atoms with van der Waals surface area (Å²) in [5.41, 5.74) is 4.33. The van der Waals surface area contributed by atoms with Crippen LogP contribution in [0.15, 0.2) is 48.9 Å². The van der Waals surface area contributed by atoms with Gasteiger partial charge >= 0.3 is 0 Å². The molecule has 1 aliphatic carbocycles. The minimum atomic E-state index is -0.224. The molecule has 174 valence electrons. The number of carbonyl (C=O) groups is 1. The van der Waals surface area contributed by atoms with Gasteiger partial charge in [0.15, 0.2) is 0 Å². The second-order valence-corrected chi connectivity index (χ2v) is 9.99. The summed E-state index contributed by atoms with van der Waals surface area (Å²) in [4.78, 5) is 28.6. The molecule has 0 atom stereocenters. The van der Waals surface area contributed by atoms with E-state index in [-0.39, 0.29) is 11.3 Å². The molecule has 1 amide bonds. The monoisotopic (exact) mass is 474 g/mol. The van der Waals surface area contributed by atoms with Crippen molar-refractivity contribution in [1.82, 2.24) is 20.3 Å². The van der Waals surface area contributed by atoms with Crippen LogP contribution >= 0.6 is 11.6 Å². The van der Waals surface area contributed by atoms with Crippen LogP contribution in [0.5, 0.6) is 0 Å². The lowest BCUT2D eigenvalue weighted by atomic mass is 9.78. The van der Waals surface area contributed by atoms with Gasteiger partial charge in [-0.2, -0.15) is 0 Å². The van der Waals surface area contributed by atoms with Crippen molar-refractivity contribution >= 4 is 34.8 Å². The molecule has 2 aliphatic heterocycles. The van der Waals surface area contributed by atoms with E-state index in [0.717, 1.165) is 55.8 Å². The number of hydrogen-bond donors (Lipinski definition) is 2. The molecule has 7 nitrogen and oxygen atoms in total. The Balaban J connectivity index is 1.23. The van der Waals surface area contributed by atoms with Crippen LogP contribution in [0.4, 0.5) is 17.3 Å². The SMILES string of the molecule is O=C1N(c2cncc(Nc3ncc(Cl)c(-c4cccc(C5CC5)c4)n3)c2)CCC12CCNCC2.